The molecule has 11 nitrogen and oxygen atoms in total. The average molecular weight is 575 g/mol. The van der Waals surface area contributed by atoms with E-state index in [9.17, 15) is 18.3 Å². The molecule has 0 spiro atoms. The van der Waals surface area contributed by atoms with Crippen LogP contribution < -0.4 is 19.5 Å². The number of nitrogens with one attached hydrogen (secondary N) is 1. The monoisotopic (exact) mass is 574 g/mol. The standard InChI is InChI=1S/C28H34N2O9S/c1-35-22-5-7-23(8-6-22)40(33,34)30(10-12-31)11-13-36-27-16-21(20-4-9-24-25(14-20)38-18-37-24)15-26(39-27)28(32)29-17-19-2-3-19/h4-9,14-15,19,21,27,31H,2-3,10-13,16-18H2,1H3,(H,29,32)/t21-,27+/m0/s1. The second-order valence-corrected chi connectivity index (χ2v) is 11.8. The first-order valence-corrected chi connectivity index (χ1v) is 14.7. The number of ether oxygens (including phenoxy) is 5. The van der Waals surface area contributed by atoms with Crippen LogP contribution in [0.25, 0.3) is 0 Å². The first kappa shape index (κ1) is 28.2. The van der Waals surface area contributed by atoms with Gasteiger partial charge in [-0.15, -0.1) is 0 Å². The molecule has 0 bridgehead atoms. The summed E-state index contributed by atoms with van der Waals surface area (Å²) in [7, 11) is -2.39. The van der Waals surface area contributed by atoms with E-state index in [0.29, 0.717) is 36.1 Å². The van der Waals surface area contributed by atoms with E-state index in [1.807, 2.05) is 18.2 Å². The third-order valence-corrected chi connectivity index (χ3v) is 8.96. The van der Waals surface area contributed by atoms with Crippen LogP contribution in [0.4, 0.5) is 0 Å². The van der Waals surface area contributed by atoms with Crippen LogP contribution in [0.1, 0.15) is 30.7 Å². The number of hydrogen-bond acceptors (Lipinski definition) is 9. The maximum Gasteiger partial charge on any atom is 0.286 e. The van der Waals surface area contributed by atoms with Crippen LogP contribution in [0.15, 0.2) is 59.2 Å². The van der Waals surface area contributed by atoms with Crippen LogP contribution in [0.5, 0.6) is 17.2 Å². The molecule has 40 heavy (non-hydrogen) atoms. The van der Waals surface area contributed by atoms with Crippen LogP contribution in [0, 0.1) is 5.92 Å². The zero-order chi connectivity index (χ0) is 28.1. The second kappa shape index (κ2) is 12.5. The predicted molar refractivity (Wildman–Crippen MR) is 143 cm³/mol. The van der Waals surface area contributed by atoms with Crippen molar-refractivity contribution in [2.75, 3.05) is 46.8 Å². The highest BCUT2D eigenvalue weighted by molar-refractivity contribution is 7.89. The van der Waals surface area contributed by atoms with Gasteiger partial charge in [0.15, 0.2) is 17.3 Å². The minimum absolute atomic E-state index is 0.00904. The fourth-order valence-corrected chi connectivity index (χ4v) is 6.00. The van der Waals surface area contributed by atoms with E-state index >= 15 is 0 Å². The van der Waals surface area contributed by atoms with E-state index in [1.165, 1.54) is 19.2 Å². The van der Waals surface area contributed by atoms with Crippen LogP contribution >= 0.6 is 0 Å². The number of hydrogen-bond donors (Lipinski definition) is 2. The highest BCUT2D eigenvalue weighted by atomic mass is 32.2. The molecule has 1 fully saturated rings. The number of methoxy groups -OCH3 is 1. The molecule has 2 aromatic carbocycles. The number of aliphatic hydroxyl groups is 1. The smallest absolute Gasteiger partial charge is 0.286 e. The molecule has 0 aromatic heterocycles. The maximum atomic E-state index is 13.2. The molecule has 5 rings (SSSR count). The van der Waals surface area contributed by atoms with Crippen molar-refractivity contribution in [1.29, 1.82) is 0 Å². The molecule has 0 saturated heterocycles. The molecule has 1 amide bonds. The van der Waals surface area contributed by atoms with Gasteiger partial charge in [-0.1, -0.05) is 6.07 Å². The Labute approximate surface area is 233 Å². The molecule has 1 aliphatic carbocycles. The minimum Gasteiger partial charge on any atom is -0.497 e. The van der Waals surface area contributed by atoms with Crippen LogP contribution in [0.2, 0.25) is 0 Å². The van der Waals surface area contributed by atoms with Crippen LogP contribution in [-0.4, -0.2) is 76.8 Å². The van der Waals surface area contributed by atoms with Crippen molar-refractivity contribution < 1.29 is 42.0 Å². The number of carbonyl (C=O) groups excluding carboxylic acids is 1. The molecule has 0 unspecified atom stereocenters. The number of allylic oxidation sites excluding steroid dienone is 1. The van der Waals surface area contributed by atoms with Crippen molar-refractivity contribution in [1.82, 2.24) is 9.62 Å². The van der Waals surface area contributed by atoms with Crippen molar-refractivity contribution in [3.8, 4) is 17.2 Å². The van der Waals surface area contributed by atoms with Gasteiger partial charge in [-0.05, 0) is 66.8 Å². The SMILES string of the molecule is COc1ccc(S(=O)(=O)N(CCO)CCO[C@H]2C[C@@H](c3ccc4c(c3)OCO4)C=C(C(=O)NCC3CC3)O2)cc1. The fourth-order valence-electron chi connectivity index (χ4n) is 4.59. The Morgan fingerprint density at radius 1 is 1.10 bits per heavy atom. The lowest BCUT2D eigenvalue weighted by atomic mass is 9.92. The van der Waals surface area contributed by atoms with Crippen molar-refractivity contribution in [2.24, 2.45) is 5.92 Å². The van der Waals surface area contributed by atoms with Crippen LogP contribution in [-0.2, 0) is 24.3 Å². The molecule has 2 aromatic rings. The zero-order valence-electron chi connectivity index (χ0n) is 22.3. The number of aliphatic hydroxyl groups excluding tert-OH is 1. The number of rotatable bonds is 13. The fraction of sp³-hybridized carbons (Fsp3) is 0.464. The number of fused-ring (bicyclic) bond motifs is 1. The van der Waals surface area contributed by atoms with Crippen LogP contribution in [0.3, 0.4) is 0 Å². The van der Waals surface area contributed by atoms with Gasteiger partial charge in [0.2, 0.25) is 23.1 Å². The summed E-state index contributed by atoms with van der Waals surface area (Å²) in [5.74, 6) is 2.00. The van der Waals surface area contributed by atoms with E-state index in [4.69, 9.17) is 23.7 Å². The topological polar surface area (TPSA) is 133 Å². The number of nitrogens with zero attached hydrogens (tertiary/aromatic N) is 1. The van der Waals surface area contributed by atoms with Gasteiger partial charge in [0.25, 0.3) is 5.91 Å². The Balaban J connectivity index is 1.27. The summed E-state index contributed by atoms with van der Waals surface area (Å²) >= 11 is 0. The third-order valence-electron chi connectivity index (χ3n) is 7.05. The summed E-state index contributed by atoms with van der Waals surface area (Å²) in [6.45, 7) is 0.278. The molecule has 2 aliphatic heterocycles. The first-order chi connectivity index (χ1) is 19.4. The molecule has 0 radical (unpaired) electrons. The average Bonchev–Trinajstić information content (AvgIpc) is 3.69. The lowest BCUT2D eigenvalue weighted by Gasteiger charge is -2.30. The Hall–Kier alpha value is -3.32. The van der Waals surface area contributed by atoms with Crippen molar-refractivity contribution in [2.45, 2.75) is 36.4 Å². The summed E-state index contributed by atoms with van der Waals surface area (Å²) in [6, 6.07) is 11.7. The van der Waals surface area contributed by atoms with E-state index < -0.39 is 16.3 Å². The van der Waals surface area contributed by atoms with Gasteiger partial charge in [0, 0.05) is 32.0 Å². The van der Waals surface area contributed by atoms with Gasteiger partial charge >= 0.3 is 0 Å². The quantitative estimate of drug-likeness (QED) is 0.370. The predicted octanol–water partition coefficient (Wildman–Crippen LogP) is 2.36. The first-order valence-electron chi connectivity index (χ1n) is 13.3. The van der Waals surface area contributed by atoms with Gasteiger partial charge in [0.05, 0.1) is 25.2 Å². The van der Waals surface area contributed by atoms with E-state index in [2.05, 4.69) is 5.32 Å². The lowest BCUT2D eigenvalue weighted by Crippen LogP contribution is -2.38. The van der Waals surface area contributed by atoms with Gasteiger partial charge in [-0.2, -0.15) is 4.31 Å². The number of carbonyl (C=O) groups is 1. The zero-order valence-corrected chi connectivity index (χ0v) is 23.1. The summed E-state index contributed by atoms with van der Waals surface area (Å²) < 4.78 is 55.5. The molecular weight excluding hydrogens is 540 g/mol. The molecule has 12 heteroatoms. The molecule has 3 aliphatic rings. The molecule has 2 N–H and O–H groups in total. The van der Waals surface area contributed by atoms with Crippen molar-refractivity contribution in [3.05, 3.63) is 59.9 Å². The number of amides is 1. The summed E-state index contributed by atoms with van der Waals surface area (Å²) in [4.78, 5) is 13.0. The molecule has 2 heterocycles. The highest BCUT2D eigenvalue weighted by Crippen LogP contribution is 2.38. The van der Waals surface area contributed by atoms with Gasteiger partial charge in [0.1, 0.15) is 5.75 Å². The normalized spacial score (nSPS) is 20.1. The Bertz CT molecular complexity index is 1330. The van der Waals surface area contributed by atoms with Gasteiger partial charge < -0.3 is 34.1 Å². The third kappa shape index (κ3) is 6.69. The van der Waals surface area contributed by atoms with E-state index in [0.717, 1.165) is 22.7 Å². The highest BCUT2D eigenvalue weighted by Gasteiger charge is 2.32. The largest absolute Gasteiger partial charge is 0.497 e. The molecule has 2 atom stereocenters. The maximum absolute atomic E-state index is 13.2. The Kier molecular flexibility index (Phi) is 8.79. The number of sulfonamides is 1. The molecule has 1 saturated carbocycles. The summed E-state index contributed by atoms with van der Waals surface area (Å²) in [5, 5.41) is 12.5. The second-order valence-electron chi connectivity index (χ2n) is 9.86. The van der Waals surface area contributed by atoms with E-state index in [-0.39, 0.29) is 55.6 Å². The Morgan fingerprint density at radius 3 is 2.60 bits per heavy atom. The van der Waals surface area contributed by atoms with E-state index in [1.54, 1.807) is 18.2 Å². The lowest BCUT2D eigenvalue weighted by molar-refractivity contribution is -0.146. The Morgan fingerprint density at radius 2 is 1.88 bits per heavy atom. The van der Waals surface area contributed by atoms with Crippen molar-refractivity contribution >= 4 is 15.9 Å². The van der Waals surface area contributed by atoms with Crippen molar-refractivity contribution in [3.63, 3.8) is 0 Å². The minimum atomic E-state index is -3.89. The number of benzene rings is 2. The van der Waals surface area contributed by atoms with Gasteiger partial charge in [-0.25, -0.2) is 8.42 Å². The molecule has 216 valence electrons. The summed E-state index contributed by atoms with van der Waals surface area (Å²) in [6.07, 6.45) is 3.61. The molecular formula is C28H34N2O9S. The summed E-state index contributed by atoms with van der Waals surface area (Å²) in [5.41, 5.74) is 0.914. The van der Waals surface area contributed by atoms with Gasteiger partial charge in [-0.3, -0.25) is 4.79 Å².